The molecule has 1 heterocycles. The molecule has 0 aliphatic heterocycles. The van der Waals surface area contributed by atoms with Crippen LogP contribution in [0.15, 0.2) is 27.9 Å². The van der Waals surface area contributed by atoms with Crippen LogP contribution in [0.1, 0.15) is 0 Å². The minimum absolute atomic E-state index is 0.755. The fourth-order valence-electron chi connectivity index (χ4n) is 0.508. The Morgan fingerprint density at radius 2 is 2.50 bits per heavy atom. The monoisotopic (exact) mass is 214 g/mol. The van der Waals surface area contributed by atoms with E-state index >= 15 is 0 Å². The van der Waals surface area contributed by atoms with Crippen molar-refractivity contribution < 1.29 is 0 Å². The second-order valence-electron chi connectivity index (χ2n) is 1.53. The SMILES string of the molecule is S=C=Nc1ccncc1Br. The van der Waals surface area contributed by atoms with Crippen LogP contribution in [0.4, 0.5) is 5.69 Å². The Hall–Kier alpha value is -0.570. The van der Waals surface area contributed by atoms with Gasteiger partial charge >= 0.3 is 0 Å². The highest BCUT2D eigenvalue weighted by Crippen LogP contribution is 2.22. The van der Waals surface area contributed by atoms with E-state index in [9.17, 15) is 0 Å². The summed E-state index contributed by atoms with van der Waals surface area (Å²) >= 11 is 7.69. The first kappa shape index (κ1) is 7.54. The molecule has 0 saturated heterocycles. The van der Waals surface area contributed by atoms with Gasteiger partial charge in [-0.3, -0.25) is 4.98 Å². The standard InChI is InChI=1S/C6H3BrN2S/c7-5-3-8-2-1-6(5)9-4-10/h1-3H. The van der Waals surface area contributed by atoms with Crippen LogP contribution in [0.3, 0.4) is 0 Å². The zero-order chi connectivity index (χ0) is 7.40. The molecule has 0 bridgehead atoms. The number of aromatic nitrogens is 1. The lowest BCUT2D eigenvalue weighted by molar-refractivity contribution is 1.30. The van der Waals surface area contributed by atoms with E-state index in [1.165, 1.54) is 0 Å². The van der Waals surface area contributed by atoms with Gasteiger partial charge in [-0.15, -0.1) is 0 Å². The molecule has 0 aromatic carbocycles. The Morgan fingerprint density at radius 1 is 1.70 bits per heavy atom. The van der Waals surface area contributed by atoms with Crippen LogP contribution < -0.4 is 0 Å². The molecule has 0 spiro atoms. The lowest BCUT2D eigenvalue weighted by Crippen LogP contribution is -1.70. The second-order valence-corrected chi connectivity index (χ2v) is 2.57. The second kappa shape index (κ2) is 3.56. The molecular formula is C6H3BrN2S. The minimum atomic E-state index is 0.755. The molecule has 0 N–H and O–H groups in total. The Bertz CT molecular complexity index is 281. The van der Waals surface area contributed by atoms with E-state index in [2.05, 4.69) is 43.3 Å². The molecule has 1 aromatic rings. The van der Waals surface area contributed by atoms with Crippen molar-refractivity contribution in [2.45, 2.75) is 0 Å². The van der Waals surface area contributed by atoms with Gasteiger partial charge in [-0.25, -0.2) is 0 Å². The maximum atomic E-state index is 4.44. The van der Waals surface area contributed by atoms with Gasteiger partial charge in [-0.1, -0.05) is 0 Å². The highest BCUT2D eigenvalue weighted by atomic mass is 79.9. The number of nitrogens with zero attached hydrogens (tertiary/aromatic N) is 2. The van der Waals surface area contributed by atoms with Gasteiger partial charge in [0.05, 0.1) is 15.3 Å². The highest BCUT2D eigenvalue weighted by molar-refractivity contribution is 9.10. The van der Waals surface area contributed by atoms with Crippen molar-refractivity contribution in [1.29, 1.82) is 0 Å². The Balaban J connectivity index is 3.14. The van der Waals surface area contributed by atoms with Crippen molar-refractivity contribution in [1.82, 2.24) is 4.98 Å². The minimum Gasteiger partial charge on any atom is -0.263 e. The molecule has 0 saturated carbocycles. The van der Waals surface area contributed by atoms with Gasteiger partial charge in [0.2, 0.25) is 0 Å². The summed E-state index contributed by atoms with van der Waals surface area (Å²) in [5, 5.41) is 2.28. The maximum absolute atomic E-state index is 4.44. The number of pyridine rings is 1. The third kappa shape index (κ3) is 1.70. The molecule has 10 heavy (non-hydrogen) atoms. The summed E-state index contributed by atoms with van der Waals surface area (Å²) in [5.41, 5.74) is 0.755. The van der Waals surface area contributed by atoms with Crippen LogP contribution in [0.2, 0.25) is 0 Å². The van der Waals surface area contributed by atoms with Gasteiger partial charge in [0.1, 0.15) is 0 Å². The molecule has 0 aliphatic rings. The molecule has 0 unspecified atom stereocenters. The zero-order valence-corrected chi connectivity index (χ0v) is 7.32. The summed E-state index contributed by atoms with van der Waals surface area (Å²) < 4.78 is 0.826. The molecule has 0 fully saturated rings. The van der Waals surface area contributed by atoms with Gasteiger partial charge in [0.25, 0.3) is 0 Å². The number of aliphatic imine (C=N–C) groups is 1. The maximum Gasteiger partial charge on any atom is 0.0912 e. The third-order valence-corrected chi connectivity index (χ3v) is 1.62. The summed E-state index contributed by atoms with van der Waals surface area (Å²) in [6, 6.07) is 1.75. The third-order valence-electron chi connectivity index (χ3n) is 0.917. The van der Waals surface area contributed by atoms with Crippen LogP contribution in [0, 0.1) is 0 Å². The van der Waals surface area contributed by atoms with Crippen LogP contribution in [0.25, 0.3) is 0 Å². The Kier molecular flexibility index (Phi) is 2.68. The number of hydrogen-bond acceptors (Lipinski definition) is 3. The molecule has 0 aliphatic carbocycles. The van der Waals surface area contributed by atoms with Crippen molar-refractivity contribution in [3.8, 4) is 0 Å². The lowest BCUT2D eigenvalue weighted by atomic mass is 10.4. The Labute approximate surface area is 72.1 Å². The van der Waals surface area contributed by atoms with E-state index in [4.69, 9.17) is 0 Å². The Morgan fingerprint density at radius 3 is 3.10 bits per heavy atom. The highest BCUT2D eigenvalue weighted by Gasteiger charge is 1.92. The normalized spacial score (nSPS) is 8.50. The quantitative estimate of drug-likeness (QED) is 0.531. The van der Waals surface area contributed by atoms with E-state index in [1.54, 1.807) is 18.5 Å². The average Bonchev–Trinajstić information content (AvgIpc) is 1.94. The molecule has 50 valence electrons. The zero-order valence-electron chi connectivity index (χ0n) is 4.91. The van der Waals surface area contributed by atoms with Gasteiger partial charge in [-0.2, -0.15) is 4.99 Å². The predicted octanol–water partition coefficient (Wildman–Crippen LogP) is 2.58. The van der Waals surface area contributed by atoms with Crippen molar-refractivity contribution >= 4 is 39.0 Å². The predicted molar refractivity (Wildman–Crippen MR) is 46.6 cm³/mol. The summed E-state index contributed by atoms with van der Waals surface area (Å²) in [4.78, 5) is 7.64. The number of hydrogen-bond donors (Lipinski definition) is 0. The fourth-order valence-corrected chi connectivity index (χ4v) is 0.945. The van der Waals surface area contributed by atoms with Crippen molar-refractivity contribution in [2.24, 2.45) is 4.99 Å². The smallest absolute Gasteiger partial charge is 0.0912 e. The van der Waals surface area contributed by atoms with Crippen molar-refractivity contribution in [3.05, 3.63) is 22.9 Å². The summed E-state index contributed by atoms with van der Waals surface area (Å²) in [6.45, 7) is 0. The molecule has 2 nitrogen and oxygen atoms in total. The van der Waals surface area contributed by atoms with E-state index in [0.29, 0.717) is 0 Å². The van der Waals surface area contributed by atoms with Crippen LogP contribution in [-0.2, 0) is 0 Å². The van der Waals surface area contributed by atoms with Crippen molar-refractivity contribution in [3.63, 3.8) is 0 Å². The van der Waals surface area contributed by atoms with Gasteiger partial charge in [0.15, 0.2) is 0 Å². The molecule has 0 radical (unpaired) electrons. The largest absolute Gasteiger partial charge is 0.263 e. The number of halogens is 1. The van der Waals surface area contributed by atoms with E-state index in [1.807, 2.05) is 0 Å². The summed E-state index contributed by atoms with van der Waals surface area (Å²) in [5.74, 6) is 0. The van der Waals surface area contributed by atoms with Gasteiger partial charge < -0.3 is 0 Å². The van der Waals surface area contributed by atoms with Crippen LogP contribution in [-0.4, -0.2) is 10.1 Å². The fraction of sp³-hybridized carbons (Fsp3) is 0. The lowest BCUT2D eigenvalue weighted by Gasteiger charge is -1.90. The number of rotatable bonds is 1. The van der Waals surface area contributed by atoms with Gasteiger partial charge in [-0.05, 0) is 34.2 Å². The first-order valence-electron chi connectivity index (χ1n) is 2.52. The topological polar surface area (TPSA) is 25.2 Å². The molecule has 1 rings (SSSR count). The van der Waals surface area contributed by atoms with Crippen LogP contribution in [0.5, 0.6) is 0 Å². The van der Waals surface area contributed by atoms with Crippen LogP contribution >= 0.6 is 28.1 Å². The van der Waals surface area contributed by atoms with E-state index < -0.39 is 0 Å². The average molecular weight is 215 g/mol. The van der Waals surface area contributed by atoms with Crippen molar-refractivity contribution in [2.75, 3.05) is 0 Å². The first-order chi connectivity index (χ1) is 4.84. The molecule has 0 amide bonds. The number of thiocarbonyl (C=S) groups is 1. The summed E-state index contributed by atoms with van der Waals surface area (Å²) in [7, 11) is 0. The number of isothiocyanates is 1. The van der Waals surface area contributed by atoms with Gasteiger partial charge in [0, 0.05) is 12.4 Å². The molecular weight excluding hydrogens is 212 g/mol. The first-order valence-corrected chi connectivity index (χ1v) is 3.72. The molecule has 4 heteroatoms. The molecule has 0 atom stereocenters. The van der Waals surface area contributed by atoms with E-state index in [-0.39, 0.29) is 0 Å². The van der Waals surface area contributed by atoms with E-state index in [0.717, 1.165) is 10.2 Å². The molecule has 1 aromatic heterocycles. The summed E-state index contributed by atoms with van der Waals surface area (Å²) in [6.07, 6.45) is 3.31.